The number of aromatic amines is 1. The Kier molecular flexibility index (Phi) is 3.81. The highest BCUT2D eigenvalue weighted by Gasteiger charge is 2.07. The molecule has 3 aromatic rings. The minimum atomic E-state index is -0.296. The quantitative estimate of drug-likeness (QED) is 0.775. The SMILES string of the molecule is Cc1ccc(F)c(CNc2ccc3c(=O)[nH]nc(Cl)c3c2)c1. The van der Waals surface area contributed by atoms with Crippen LogP contribution < -0.4 is 10.9 Å². The molecule has 0 saturated carbocycles. The summed E-state index contributed by atoms with van der Waals surface area (Å²) >= 11 is 6.00. The van der Waals surface area contributed by atoms with E-state index in [4.69, 9.17) is 11.6 Å². The van der Waals surface area contributed by atoms with Crippen molar-refractivity contribution < 1.29 is 4.39 Å². The van der Waals surface area contributed by atoms with Crippen LogP contribution >= 0.6 is 11.6 Å². The molecule has 112 valence electrons. The number of rotatable bonds is 3. The van der Waals surface area contributed by atoms with Crippen LogP contribution in [0.3, 0.4) is 0 Å². The Morgan fingerprint density at radius 1 is 1.23 bits per heavy atom. The first-order valence-electron chi connectivity index (χ1n) is 6.71. The molecule has 0 fully saturated rings. The second-order valence-electron chi connectivity index (χ2n) is 5.05. The average molecular weight is 318 g/mol. The maximum absolute atomic E-state index is 13.7. The molecule has 0 aliphatic rings. The van der Waals surface area contributed by atoms with E-state index in [-0.39, 0.29) is 16.5 Å². The molecule has 0 amide bonds. The van der Waals surface area contributed by atoms with Crippen molar-refractivity contribution in [2.24, 2.45) is 0 Å². The van der Waals surface area contributed by atoms with Gasteiger partial charge in [0.15, 0.2) is 5.15 Å². The van der Waals surface area contributed by atoms with Crippen molar-refractivity contribution in [3.8, 4) is 0 Å². The van der Waals surface area contributed by atoms with Crippen molar-refractivity contribution in [1.29, 1.82) is 0 Å². The van der Waals surface area contributed by atoms with E-state index in [0.717, 1.165) is 11.3 Å². The minimum absolute atomic E-state index is 0.222. The molecule has 0 atom stereocenters. The lowest BCUT2D eigenvalue weighted by atomic mass is 10.1. The van der Waals surface area contributed by atoms with Crippen molar-refractivity contribution in [1.82, 2.24) is 10.2 Å². The van der Waals surface area contributed by atoms with E-state index >= 15 is 0 Å². The van der Waals surface area contributed by atoms with Gasteiger partial charge in [0.1, 0.15) is 5.82 Å². The predicted octanol–water partition coefficient (Wildman–Crippen LogP) is 3.64. The molecular weight excluding hydrogens is 305 g/mol. The van der Waals surface area contributed by atoms with Crippen molar-refractivity contribution >= 4 is 28.1 Å². The van der Waals surface area contributed by atoms with Gasteiger partial charge in [0.25, 0.3) is 5.56 Å². The first kappa shape index (κ1) is 14.5. The molecule has 22 heavy (non-hydrogen) atoms. The number of H-pyrrole nitrogens is 1. The number of anilines is 1. The molecule has 0 saturated heterocycles. The third kappa shape index (κ3) is 2.80. The van der Waals surface area contributed by atoms with E-state index in [9.17, 15) is 9.18 Å². The normalized spacial score (nSPS) is 10.9. The summed E-state index contributed by atoms with van der Waals surface area (Å²) in [5.74, 6) is -0.255. The largest absolute Gasteiger partial charge is 0.381 e. The number of nitrogens with one attached hydrogen (secondary N) is 2. The lowest BCUT2D eigenvalue weighted by molar-refractivity contribution is 0.612. The first-order chi connectivity index (χ1) is 10.5. The van der Waals surface area contributed by atoms with Gasteiger partial charge < -0.3 is 5.32 Å². The monoisotopic (exact) mass is 317 g/mol. The molecule has 0 spiro atoms. The summed E-state index contributed by atoms with van der Waals surface area (Å²) in [6, 6.07) is 10.1. The molecular formula is C16H13ClFN3O. The molecule has 0 bridgehead atoms. The third-order valence-corrected chi connectivity index (χ3v) is 3.71. The number of halogens is 2. The second-order valence-corrected chi connectivity index (χ2v) is 5.41. The minimum Gasteiger partial charge on any atom is -0.381 e. The lowest BCUT2D eigenvalue weighted by Gasteiger charge is -2.09. The fourth-order valence-corrected chi connectivity index (χ4v) is 2.48. The number of aryl methyl sites for hydroxylation is 1. The highest BCUT2D eigenvalue weighted by Crippen LogP contribution is 2.22. The zero-order valence-electron chi connectivity index (χ0n) is 11.8. The van der Waals surface area contributed by atoms with E-state index in [2.05, 4.69) is 15.5 Å². The fourth-order valence-electron chi connectivity index (χ4n) is 2.28. The summed E-state index contributed by atoms with van der Waals surface area (Å²) in [4.78, 5) is 11.7. The Bertz CT molecular complexity index is 908. The van der Waals surface area contributed by atoms with Gasteiger partial charge >= 0.3 is 0 Å². The standard InChI is InChI=1S/C16H13ClFN3O/c1-9-2-5-14(18)10(6-9)8-19-11-3-4-12-13(7-11)15(17)20-21-16(12)22/h2-7,19H,8H2,1H3,(H,21,22). The van der Waals surface area contributed by atoms with E-state index in [1.807, 2.05) is 6.92 Å². The molecule has 0 aliphatic carbocycles. The predicted molar refractivity (Wildman–Crippen MR) is 85.8 cm³/mol. The summed E-state index contributed by atoms with van der Waals surface area (Å²) in [6.07, 6.45) is 0. The maximum Gasteiger partial charge on any atom is 0.272 e. The van der Waals surface area contributed by atoms with Crippen LogP contribution in [0.15, 0.2) is 41.2 Å². The van der Waals surface area contributed by atoms with Crippen LogP contribution in [-0.4, -0.2) is 10.2 Å². The zero-order valence-corrected chi connectivity index (χ0v) is 12.5. The van der Waals surface area contributed by atoms with Crippen LogP contribution in [0, 0.1) is 12.7 Å². The maximum atomic E-state index is 13.7. The van der Waals surface area contributed by atoms with Gasteiger partial charge in [-0.05, 0) is 31.2 Å². The van der Waals surface area contributed by atoms with E-state index in [0.29, 0.717) is 22.9 Å². The van der Waals surface area contributed by atoms with E-state index in [1.54, 1.807) is 30.3 Å². The molecule has 2 N–H and O–H groups in total. The number of nitrogens with zero attached hydrogens (tertiary/aromatic N) is 1. The Morgan fingerprint density at radius 3 is 2.86 bits per heavy atom. The fraction of sp³-hybridized carbons (Fsp3) is 0.125. The number of benzene rings is 2. The van der Waals surface area contributed by atoms with E-state index in [1.165, 1.54) is 6.07 Å². The van der Waals surface area contributed by atoms with Gasteiger partial charge in [-0.15, -0.1) is 0 Å². The first-order valence-corrected chi connectivity index (χ1v) is 7.09. The highest BCUT2D eigenvalue weighted by atomic mass is 35.5. The Hall–Kier alpha value is -2.40. The third-order valence-electron chi connectivity index (χ3n) is 3.43. The topological polar surface area (TPSA) is 57.8 Å². The van der Waals surface area contributed by atoms with Crippen LogP contribution in [0.5, 0.6) is 0 Å². The molecule has 0 radical (unpaired) electrons. The number of aromatic nitrogens is 2. The van der Waals surface area contributed by atoms with Gasteiger partial charge in [0.2, 0.25) is 0 Å². The summed E-state index contributed by atoms with van der Waals surface area (Å²) in [5, 5.41) is 10.4. The van der Waals surface area contributed by atoms with Crippen molar-refractivity contribution in [3.63, 3.8) is 0 Å². The van der Waals surface area contributed by atoms with Crippen LogP contribution in [0.25, 0.3) is 10.8 Å². The lowest BCUT2D eigenvalue weighted by Crippen LogP contribution is -2.09. The van der Waals surface area contributed by atoms with E-state index < -0.39 is 0 Å². The highest BCUT2D eigenvalue weighted by molar-refractivity contribution is 6.34. The van der Waals surface area contributed by atoms with Crippen LogP contribution in [-0.2, 0) is 6.54 Å². The Morgan fingerprint density at radius 2 is 2.05 bits per heavy atom. The molecule has 1 heterocycles. The summed E-state index contributed by atoms with van der Waals surface area (Å²) in [5.41, 5.74) is 2.02. The van der Waals surface area contributed by atoms with Crippen molar-refractivity contribution in [2.45, 2.75) is 13.5 Å². The number of fused-ring (bicyclic) bond motifs is 1. The number of hydrogen-bond donors (Lipinski definition) is 2. The van der Waals surface area contributed by atoms with Crippen molar-refractivity contribution in [3.05, 3.63) is 68.8 Å². The van der Waals surface area contributed by atoms with Gasteiger partial charge in [-0.3, -0.25) is 4.79 Å². The Balaban J connectivity index is 1.90. The van der Waals surface area contributed by atoms with Crippen LogP contribution in [0.4, 0.5) is 10.1 Å². The van der Waals surface area contributed by atoms with Gasteiger partial charge in [-0.2, -0.15) is 5.10 Å². The van der Waals surface area contributed by atoms with Gasteiger partial charge in [0, 0.05) is 23.2 Å². The summed E-state index contributed by atoms with van der Waals surface area (Å²) in [6.45, 7) is 2.25. The van der Waals surface area contributed by atoms with Gasteiger partial charge in [-0.1, -0.05) is 29.3 Å². The van der Waals surface area contributed by atoms with Crippen LogP contribution in [0.2, 0.25) is 5.15 Å². The molecule has 2 aromatic carbocycles. The molecule has 4 nitrogen and oxygen atoms in total. The van der Waals surface area contributed by atoms with Crippen LogP contribution in [0.1, 0.15) is 11.1 Å². The zero-order chi connectivity index (χ0) is 15.7. The molecule has 3 rings (SSSR count). The summed E-state index contributed by atoms with van der Waals surface area (Å²) in [7, 11) is 0. The number of hydrogen-bond acceptors (Lipinski definition) is 3. The smallest absolute Gasteiger partial charge is 0.272 e. The summed E-state index contributed by atoms with van der Waals surface area (Å²) < 4.78 is 13.7. The molecule has 0 unspecified atom stereocenters. The molecule has 1 aromatic heterocycles. The van der Waals surface area contributed by atoms with Gasteiger partial charge in [0.05, 0.1) is 5.39 Å². The van der Waals surface area contributed by atoms with Crippen molar-refractivity contribution in [2.75, 3.05) is 5.32 Å². The molecule has 6 heteroatoms. The van der Waals surface area contributed by atoms with Gasteiger partial charge in [-0.25, -0.2) is 9.49 Å². The second kappa shape index (κ2) is 5.77. The average Bonchev–Trinajstić information content (AvgIpc) is 2.52. The molecule has 0 aliphatic heterocycles. The Labute approximate surface area is 130 Å².